The fourth-order valence-electron chi connectivity index (χ4n) is 3.00. The first kappa shape index (κ1) is 16.4. The van der Waals surface area contributed by atoms with Gasteiger partial charge in [-0.05, 0) is 36.4 Å². The van der Waals surface area contributed by atoms with E-state index in [9.17, 15) is 5.11 Å². The van der Waals surface area contributed by atoms with Gasteiger partial charge in [0, 0.05) is 18.1 Å². The highest BCUT2D eigenvalue weighted by atomic mass is 16.5. The van der Waals surface area contributed by atoms with Gasteiger partial charge in [0.2, 0.25) is 0 Å². The van der Waals surface area contributed by atoms with Gasteiger partial charge >= 0.3 is 0 Å². The minimum Gasteiger partial charge on any atom is -0.497 e. The molecule has 0 radical (unpaired) electrons. The third kappa shape index (κ3) is 3.40. The van der Waals surface area contributed by atoms with Gasteiger partial charge < -0.3 is 9.84 Å². The predicted molar refractivity (Wildman–Crippen MR) is 96.0 cm³/mol. The highest BCUT2D eigenvalue weighted by molar-refractivity contribution is 5.81. The van der Waals surface area contributed by atoms with E-state index >= 15 is 0 Å². The van der Waals surface area contributed by atoms with Crippen LogP contribution < -0.4 is 4.74 Å². The van der Waals surface area contributed by atoms with E-state index in [1.54, 1.807) is 7.11 Å². The van der Waals surface area contributed by atoms with Crippen LogP contribution in [0.4, 0.5) is 0 Å². The zero-order valence-electron chi connectivity index (χ0n) is 14.0. The Bertz CT molecular complexity index is 797. The molecule has 3 rings (SSSR count). The molecule has 0 aliphatic rings. The lowest BCUT2D eigenvalue weighted by atomic mass is 10.0. The van der Waals surface area contributed by atoms with Crippen molar-refractivity contribution in [3.63, 3.8) is 0 Å². The number of ether oxygens (including phenoxy) is 1. The Labute approximate surface area is 142 Å². The Morgan fingerprint density at radius 3 is 2.54 bits per heavy atom. The number of nitrogens with zero attached hydrogens (tertiary/aromatic N) is 2. The molecular weight excluding hydrogens is 300 g/mol. The van der Waals surface area contributed by atoms with Crippen LogP contribution >= 0.6 is 0 Å². The molecule has 4 nitrogen and oxygen atoms in total. The molecule has 0 bridgehead atoms. The number of hydrogen-bond donors (Lipinski definition) is 1. The lowest BCUT2D eigenvalue weighted by Crippen LogP contribution is -2.27. The summed E-state index contributed by atoms with van der Waals surface area (Å²) in [7, 11) is 3.67. The second-order valence-electron chi connectivity index (χ2n) is 5.88. The molecule has 0 fully saturated rings. The van der Waals surface area contributed by atoms with E-state index < -0.39 is 0 Å². The van der Waals surface area contributed by atoms with Gasteiger partial charge in [-0.15, -0.1) is 0 Å². The first-order valence-corrected chi connectivity index (χ1v) is 8.00. The zero-order chi connectivity index (χ0) is 16.9. The quantitative estimate of drug-likeness (QED) is 0.755. The maximum Gasteiger partial charge on any atom is 0.118 e. The number of aromatic nitrogens is 1. The number of para-hydroxylation sites is 1. The topological polar surface area (TPSA) is 45.6 Å². The molecule has 1 atom stereocenters. The molecule has 24 heavy (non-hydrogen) atoms. The monoisotopic (exact) mass is 322 g/mol. The minimum absolute atomic E-state index is 0.0566. The van der Waals surface area contributed by atoms with Gasteiger partial charge in [0.1, 0.15) is 5.75 Å². The van der Waals surface area contributed by atoms with Crippen molar-refractivity contribution in [1.82, 2.24) is 9.88 Å². The molecule has 1 aromatic heterocycles. The largest absolute Gasteiger partial charge is 0.497 e. The van der Waals surface area contributed by atoms with Gasteiger partial charge in [0.25, 0.3) is 0 Å². The second-order valence-corrected chi connectivity index (χ2v) is 5.88. The maximum absolute atomic E-state index is 9.88. The van der Waals surface area contributed by atoms with Crippen molar-refractivity contribution in [2.45, 2.75) is 12.6 Å². The van der Waals surface area contributed by atoms with Crippen molar-refractivity contribution < 1.29 is 9.84 Å². The number of rotatable bonds is 6. The van der Waals surface area contributed by atoms with Gasteiger partial charge in [-0.3, -0.25) is 9.88 Å². The molecule has 4 heteroatoms. The number of benzene rings is 2. The number of methoxy groups -OCH3 is 1. The summed E-state index contributed by atoms with van der Waals surface area (Å²) in [6.07, 6.45) is 1.82. The van der Waals surface area contributed by atoms with Crippen molar-refractivity contribution in [3.05, 3.63) is 71.9 Å². The van der Waals surface area contributed by atoms with Gasteiger partial charge in [-0.25, -0.2) is 0 Å². The number of likely N-dealkylation sites (N-methyl/N-ethyl adjacent to an activating group) is 1. The average molecular weight is 322 g/mol. The Kier molecular flexibility index (Phi) is 5.08. The summed E-state index contributed by atoms with van der Waals surface area (Å²) < 4.78 is 5.20. The Morgan fingerprint density at radius 2 is 1.83 bits per heavy atom. The molecule has 0 aliphatic heterocycles. The fraction of sp³-hybridized carbons (Fsp3) is 0.250. The highest BCUT2D eigenvalue weighted by Gasteiger charge is 2.17. The fourth-order valence-corrected chi connectivity index (χ4v) is 3.00. The SMILES string of the molecule is COc1ccc([C@H](CO)N(C)Cc2cccc3cccnc23)cc1. The summed E-state index contributed by atoms with van der Waals surface area (Å²) in [4.78, 5) is 6.65. The lowest BCUT2D eigenvalue weighted by Gasteiger charge is -2.27. The Hall–Kier alpha value is -2.43. The third-order valence-corrected chi connectivity index (χ3v) is 4.34. The zero-order valence-corrected chi connectivity index (χ0v) is 14.0. The standard InChI is InChI=1S/C20H22N2O2/c1-22(19(14-23)15-8-10-18(24-2)11-9-15)13-17-6-3-5-16-7-4-12-21-20(16)17/h3-12,19,23H,13-14H2,1-2H3/t19-/m0/s1. The van der Waals surface area contributed by atoms with E-state index in [0.717, 1.165) is 27.8 Å². The number of aliphatic hydroxyl groups excluding tert-OH is 1. The number of pyridine rings is 1. The van der Waals surface area contributed by atoms with Crippen LogP contribution in [0.25, 0.3) is 10.9 Å². The van der Waals surface area contributed by atoms with Crippen LogP contribution in [-0.4, -0.2) is 35.8 Å². The van der Waals surface area contributed by atoms with E-state index in [-0.39, 0.29) is 12.6 Å². The van der Waals surface area contributed by atoms with E-state index in [1.165, 1.54) is 0 Å². The third-order valence-electron chi connectivity index (χ3n) is 4.34. The van der Waals surface area contributed by atoms with Crippen LogP contribution in [0.3, 0.4) is 0 Å². The molecule has 0 saturated heterocycles. The van der Waals surface area contributed by atoms with E-state index in [1.807, 2.05) is 43.6 Å². The van der Waals surface area contributed by atoms with Crippen molar-refractivity contribution in [1.29, 1.82) is 0 Å². The van der Waals surface area contributed by atoms with Gasteiger partial charge in [-0.1, -0.05) is 36.4 Å². The van der Waals surface area contributed by atoms with Crippen molar-refractivity contribution >= 4 is 10.9 Å². The van der Waals surface area contributed by atoms with Gasteiger partial charge in [-0.2, -0.15) is 0 Å². The molecule has 0 unspecified atom stereocenters. The van der Waals surface area contributed by atoms with Crippen molar-refractivity contribution in [3.8, 4) is 5.75 Å². The summed E-state index contributed by atoms with van der Waals surface area (Å²) in [6.45, 7) is 0.770. The first-order chi connectivity index (χ1) is 11.7. The van der Waals surface area contributed by atoms with Crippen LogP contribution in [-0.2, 0) is 6.54 Å². The molecule has 3 aromatic rings. The molecule has 124 valence electrons. The van der Waals surface area contributed by atoms with Crippen molar-refractivity contribution in [2.24, 2.45) is 0 Å². The molecule has 2 aromatic carbocycles. The van der Waals surface area contributed by atoms with E-state index in [0.29, 0.717) is 6.54 Å². The minimum atomic E-state index is -0.0742. The summed E-state index contributed by atoms with van der Waals surface area (Å²) in [5.41, 5.74) is 3.23. The highest BCUT2D eigenvalue weighted by Crippen LogP contribution is 2.25. The summed E-state index contributed by atoms with van der Waals surface area (Å²) in [6, 6.07) is 18.0. The van der Waals surface area contributed by atoms with Crippen LogP contribution in [0.2, 0.25) is 0 Å². The lowest BCUT2D eigenvalue weighted by molar-refractivity contribution is 0.143. The van der Waals surface area contributed by atoms with Crippen LogP contribution in [0.15, 0.2) is 60.8 Å². The number of hydrogen-bond acceptors (Lipinski definition) is 4. The van der Waals surface area contributed by atoms with Crippen LogP contribution in [0, 0.1) is 0 Å². The molecule has 1 N–H and O–H groups in total. The molecular formula is C20H22N2O2. The summed E-state index contributed by atoms with van der Waals surface area (Å²) in [5, 5.41) is 11.0. The Morgan fingerprint density at radius 1 is 1.08 bits per heavy atom. The van der Waals surface area contributed by atoms with Gasteiger partial charge in [0.05, 0.1) is 25.3 Å². The summed E-state index contributed by atoms with van der Waals surface area (Å²) in [5.74, 6) is 0.816. The average Bonchev–Trinajstić information content (AvgIpc) is 2.63. The molecule has 0 saturated carbocycles. The molecule has 0 aliphatic carbocycles. The van der Waals surface area contributed by atoms with E-state index in [2.05, 4.69) is 34.1 Å². The van der Waals surface area contributed by atoms with Gasteiger partial charge in [0.15, 0.2) is 0 Å². The predicted octanol–water partition coefficient (Wildman–Crippen LogP) is 3.41. The van der Waals surface area contributed by atoms with Crippen molar-refractivity contribution in [2.75, 3.05) is 20.8 Å². The van der Waals surface area contributed by atoms with E-state index in [4.69, 9.17) is 4.74 Å². The maximum atomic E-state index is 9.88. The molecule has 1 heterocycles. The summed E-state index contributed by atoms with van der Waals surface area (Å²) >= 11 is 0. The molecule has 0 amide bonds. The first-order valence-electron chi connectivity index (χ1n) is 8.00. The molecule has 0 spiro atoms. The van der Waals surface area contributed by atoms with Crippen LogP contribution in [0.5, 0.6) is 5.75 Å². The second kappa shape index (κ2) is 7.43. The number of aliphatic hydroxyl groups is 1. The smallest absolute Gasteiger partial charge is 0.118 e. The number of fused-ring (bicyclic) bond motifs is 1. The van der Waals surface area contributed by atoms with Crippen LogP contribution in [0.1, 0.15) is 17.2 Å². The normalized spacial score (nSPS) is 12.5. The Balaban J connectivity index is 1.84.